The van der Waals surface area contributed by atoms with Crippen molar-refractivity contribution in [2.75, 3.05) is 5.88 Å². The monoisotopic (exact) mass is 217 g/mol. The van der Waals surface area contributed by atoms with Crippen molar-refractivity contribution >= 4 is 11.6 Å². The third-order valence-electron chi connectivity index (χ3n) is 1.87. The molecule has 0 saturated heterocycles. The zero-order valence-corrected chi connectivity index (χ0v) is 8.22. The Kier molecular flexibility index (Phi) is 4.28. The average Bonchev–Trinajstić information content (AvgIpc) is 2.27. The second kappa shape index (κ2) is 5.26. The van der Waals surface area contributed by atoms with Gasteiger partial charge in [0.05, 0.1) is 24.3 Å². The van der Waals surface area contributed by atoms with Crippen LogP contribution in [0.2, 0.25) is 0 Å². The SMILES string of the molecule is OCc1ccc(C(O)C(O)CCl)cn1. The number of rotatable bonds is 4. The number of aromatic nitrogens is 1. The molecule has 1 aromatic heterocycles. The molecule has 0 aliphatic carbocycles. The quantitative estimate of drug-likeness (QED) is 0.631. The molecule has 0 radical (unpaired) electrons. The molecule has 0 aliphatic rings. The normalized spacial score (nSPS) is 15.1. The molecule has 14 heavy (non-hydrogen) atoms. The van der Waals surface area contributed by atoms with Crippen LogP contribution >= 0.6 is 11.6 Å². The van der Waals surface area contributed by atoms with Gasteiger partial charge < -0.3 is 15.3 Å². The van der Waals surface area contributed by atoms with Crippen molar-refractivity contribution in [2.24, 2.45) is 0 Å². The van der Waals surface area contributed by atoms with Gasteiger partial charge in [-0.25, -0.2) is 0 Å². The molecule has 1 rings (SSSR count). The molecule has 0 bridgehead atoms. The fourth-order valence-electron chi connectivity index (χ4n) is 1.01. The molecule has 0 saturated carbocycles. The summed E-state index contributed by atoms with van der Waals surface area (Å²) < 4.78 is 0. The minimum Gasteiger partial charge on any atom is -0.390 e. The minimum atomic E-state index is -1.03. The Labute approximate surface area is 86.8 Å². The van der Waals surface area contributed by atoms with Crippen LogP contribution in [0.4, 0.5) is 0 Å². The van der Waals surface area contributed by atoms with E-state index in [2.05, 4.69) is 4.98 Å². The summed E-state index contributed by atoms with van der Waals surface area (Å²) in [7, 11) is 0. The molecule has 0 fully saturated rings. The molecule has 78 valence electrons. The molecule has 2 atom stereocenters. The summed E-state index contributed by atoms with van der Waals surface area (Å²) in [5.41, 5.74) is 0.997. The summed E-state index contributed by atoms with van der Waals surface area (Å²) in [5, 5.41) is 27.5. The number of aliphatic hydroxyl groups is 3. The number of alkyl halides is 1. The summed E-state index contributed by atoms with van der Waals surface area (Å²) >= 11 is 5.38. The van der Waals surface area contributed by atoms with Gasteiger partial charge in [-0.05, 0) is 6.07 Å². The number of hydrogen-bond acceptors (Lipinski definition) is 4. The predicted molar refractivity (Wildman–Crippen MR) is 51.8 cm³/mol. The standard InChI is InChI=1S/C9H12ClNO3/c10-3-8(13)9(14)6-1-2-7(5-12)11-4-6/h1-2,4,8-9,12-14H,3,5H2. The molecule has 0 aliphatic heterocycles. The van der Waals surface area contributed by atoms with E-state index in [0.717, 1.165) is 0 Å². The summed E-state index contributed by atoms with van der Waals surface area (Å²) in [6.45, 7) is -0.144. The van der Waals surface area contributed by atoms with E-state index in [1.165, 1.54) is 6.20 Å². The largest absolute Gasteiger partial charge is 0.390 e. The molecule has 3 N–H and O–H groups in total. The zero-order valence-electron chi connectivity index (χ0n) is 7.47. The average molecular weight is 218 g/mol. The van der Waals surface area contributed by atoms with Gasteiger partial charge in [0.1, 0.15) is 6.10 Å². The lowest BCUT2D eigenvalue weighted by Crippen LogP contribution is -2.19. The van der Waals surface area contributed by atoms with Crippen LogP contribution in [0.25, 0.3) is 0 Å². The van der Waals surface area contributed by atoms with E-state index in [9.17, 15) is 10.2 Å². The third kappa shape index (κ3) is 2.65. The van der Waals surface area contributed by atoms with Crippen molar-refractivity contribution in [1.29, 1.82) is 0 Å². The van der Waals surface area contributed by atoms with Gasteiger partial charge in [-0.2, -0.15) is 0 Å². The van der Waals surface area contributed by atoms with Crippen molar-refractivity contribution < 1.29 is 15.3 Å². The maximum absolute atomic E-state index is 9.52. The van der Waals surface area contributed by atoms with E-state index in [0.29, 0.717) is 11.3 Å². The first-order valence-corrected chi connectivity index (χ1v) is 4.70. The van der Waals surface area contributed by atoms with Crippen molar-refractivity contribution in [3.8, 4) is 0 Å². The van der Waals surface area contributed by atoms with Gasteiger partial charge >= 0.3 is 0 Å². The molecule has 0 amide bonds. The zero-order chi connectivity index (χ0) is 10.6. The molecule has 2 unspecified atom stereocenters. The van der Waals surface area contributed by atoms with Crippen LogP contribution < -0.4 is 0 Å². The van der Waals surface area contributed by atoms with Crippen molar-refractivity contribution in [2.45, 2.75) is 18.8 Å². The van der Waals surface area contributed by atoms with E-state index in [-0.39, 0.29) is 12.5 Å². The fourth-order valence-corrected chi connectivity index (χ4v) is 1.18. The van der Waals surface area contributed by atoms with Crippen molar-refractivity contribution in [3.05, 3.63) is 29.6 Å². The summed E-state index contributed by atoms with van der Waals surface area (Å²) in [5.74, 6) is -0.0388. The third-order valence-corrected chi connectivity index (χ3v) is 2.19. The highest BCUT2D eigenvalue weighted by molar-refractivity contribution is 6.18. The maximum atomic E-state index is 9.52. The molecule has 1 aromatic rings. The van der Waals surface area contributed by atoms with Gasteiger partial charge in [-0.3, -0.25) is 4.98 Å². The predicted octanol–water partition coefficient (Wildman–Crippen LogP) is 0.207. The van der Waals surface area contributed by atoms with Gasteiger partial charge in [0.2, 0.25) is 0 Å². The van der Waals surface area contributed by atoms with E-state index >= 15 is 0 Å². The van der Waals surface area contributed by atoms with Gasteiger partial charge in [-0.1, -0.05) is 6.07 Å². The fraction of sp³-hybridized carbons (Fsp3) is 0.444. The molecule has 5 heteroatoms. The summed E-state index contributed by atoms with van der Waals surface area (Å²) in [6.07, 6.45) is -0.627. The van der Waals surface area contributed by atoms with Crippen LogP contribution in [0, 0.1) is 0 Å². The highest BCUT2D eigenvalue weighted by Gasteiger charge is 2.17. The minimum absolute atomic E-state index is 0.0388. The Morgan fingerprint density at radius 1 is 1.36 bits per heavy atom. The Balaban J connectivity index is 2.75. The number of pyridine rings is 1. The van der Waals surface area contributed by atoms with Crippen LogP contribution in [0.5, 0.6) is 0 Å². The van der Waals surface area contributed by atoms with Gasteiger partial charge in [0.25, 0.3) is 0 Å². The van der Waals surface area contributed by atoms with Crippen LogP contribution in [0.15, 0.2) is 18.3 Å². The molecule has 4 nitrogen and oxygen atoms in total. The van der Waals surface area contributed by atoms with Gasteiger partial charge in [0.15, 0.2) is 0 Å². The number of aliphatic hydroxyl groups excluding tert-OH is 3. The maximum Gasteiger partial charge on any atom is 0.108 e. The van der Waals surface area contributed by atoms with Crippen molar-refractivity contribution in [1.82, 2.24) is 4.98 Å². The van der Waals surface area contributed by atoms with Gasteiger partial charge in [0, 0.05) is 11.8 Å². The Morgan fingerprint density at radius 3 is 2.50 bits per heavy atom. The molecular weight excluding hydrogens is 206 g/mol. The van der Waals surface area contributed by atoms with Crippen molar-refractivity contribution in [3.63, 3.8) is 0 Å². The molecule has 0 spiro atoms. The van der Waals surface area contributed by atoms with E-state index in [4.69, 9.17) is 16.7 Å². The second-order valence-electron chi connectivity index (χ2n) is 2.91. The second-order valence-corrected chi connectivity index (χ2v) is 3.22. The molecule has 1 heterocycles. The van der Waals surface area contributed by atoms with Crippen LogP contribution in [0.3, 0.4) is 0 Å². The van der Waals surface area contributed by atoms with Crippen LogP contribution in [-0.2, 0) is 6.61 Å². The first-order valence-electron chi connectivity index (χ1n) is 4.16. The molecular formula is C9H12ClNO3. The first-order chi connectivity index (χ1) is 6.69. The Morgan fingerprint density at radius 2 is 2.07 bits per heavy atom. The topological polar surface area (TPSA) is 73.6 Å². The smallest absolute Gasteiger partial charge is 0.108 e. The summed E-state index contributed by atoms with van der Waals surface area (Å²) in [6, 6.07) is 3.18. The lowest BCUT2D eigenvalue weighted by Gasteiger charge is -2.15. The van der Waals surface area contributed by atoms with Crippen LogP contribution in [0.1, 0.15) is 17.4 Å². The highest BCUT2D eigenvalue weighted by Crippen LogP contribution is 2.16. The van der Waals surface area contributed by atoms with E-state index in [1.807, 2.05) is 0 Å². The lowest BCUT2D eigenvalue weighted by molar-refractivity contribution is 0.0324. The Hall–Kier alpha value is -0.680. The van der Waals surface area contributed by atoms with E-state index < -0.39 is 12.2 Å². The van der Waals surface area contributed by atoms with Crippen LogP contribution in [-0.4, -0.2) is 32.3 Å². The van der Waals surface area contributed by atoms with Gasteiger partial charge in [-0.15, -0.1) is 11.6 Å². The number of halogens is 1. The number of hydrogen-bond donors (Lipinski definition) is 3. The highest BCUT2D eigenvalue weighted by atomic mass is 35.5. The lowest BCUT2D eigenvalue weighted by atomic mass is 10.1. The Bertz CT molecular complexity index is 278. The number of nitrogens with zero attached hydrogens (tertiary/aromatic N) is 1. The van der Waals surface area contributed by atoms with E-state index in [1.54, 1.807) is 12.1 Å². The molecule has 0 aromatic carbocycles. The first kappa shape index (κ1) is 11.4. The summed E-state index contributed by atoms with van der Waals surface area (Å²) in [4.78, 5) is 3.87.